The van der Waals surface area contributed by atoms with Crippen molar-refractivity contribution in [3.63, 3.8) is 0 Å². The number of ether oxygens (including phenoxy) is 1. The fourth-order valence-electron chi connectivity index (χ4n) is 4.40. The maximum Gasteiger partial charge on any atom is 0.238 e. The van der Waals surface area contributed by atoms with Crippen LogP contribution in [0.2, 0.25) is 0 Å². The van der Waals surface area contributed by atoms with Crippen LogP contribution >= 0.6 is 12.4 Å². The van der Waals surface area contributed by atoms with Crippen LogP contribution in [0, 0.1) is 12.8 Å². The number of hydrogen-bond acceptors (Lipinski definition) is 6. The van der Waals surface area contributed by atoms with Gasteiger partial charge in [0, 0.05) is 35.5 Å². The molecule has 0 amide bonds. The van der Waals surface area contributed by atoms with E-state index in [1.54, 1.807) is 0 Å². The van der Waals surface area contributed by atoms with E-state index in [0.717, 1.165) is 36.2 Å². The number of aryl methyl sites for hydroxylation is 2. The Balaban J connectivity index is 0.00000272. The predicted molar refractivity (Wildman–Crippen MR) is 118 cm³/mol. The second-order valence-corrected chi connectivity index (χ2v) is 9.76. The van der Waals surface area contributed by atoms with Crippen molar-refractivity contribution in [3.8, 4) is 5.75 Å². The molecule has 2 aliphatic carbocycles. The van der Waals surface area contributed by atoms with E-state index >= 15 is 0 Å². The quantitative estimate of drug-likeness (QED) is 0.508. The lowest BCUT2D eigenvalue weighted by Crippen LogP contribution is -2.44. The molecule has 4 unspecified atom stereocenters. The van der Waals surface area contributed by atoms with Crippen LogP contribution < -0.4 is 15.2 Å². The number of primary sulfonamides is 1. The Morgan fingerprint density at radius 1 is 1.23 bits per heavy atom. The van der Waals surface area contributed by atoms with Crippen LogP contribution in [0.5, 0.6) is 5.75 Å². The van der Waals surface area contributed by atoms with Gasteiger partial charge < -0.3 is 20.1 Å². The molecule has 2 aromatic rings. The standard InChI is InChI=1S/C21H27N3O5S.ClH/c1-12-10-16-17(24-12)7-2-13(20(16)25)11-23-18-8-9-19(21(18)26)29-14-3-5-15(6-4-14)30(22,27)28;/h3-6,10,13,18-19,21,23-24,26H,2,7-9,11H2,1H3,(H2,22,27,28);1H. The molecule has 0 bridgehead atoms. The fraction of sp³-hybridized carbons (Fsp3) is 0.476. The highest BCUT2D eigenvalue weighted by Gasteiger charge is 2.37. The van der Waals surface area contributed by atoms with Crippen molar-refractivity contribution in [1.29, 1.82) is 0 Å². The average molecular weight is 470 g/mol. The highest BCUT2D eigenvalue weighted by atomic mass is 35.5. The zero-order valence-electron chi connectivity index (χ0n) is 17.2. The number of nitrogens with one attached hydrogen (secondary N) is 2. The van der Waals surface area contributed by atoms with Gasteiger partial charge in [0.15, 0.2) is 5.78 Å². The van der Waals surface area contributed by atoms with Crippen LogP contribution in [-0.2, 0) is 16.4 Å². The van der Waals surface area contributed by atoms with E-state index in [1.165, 1.54) is 24.3 Å². The molecule has 5 N–H and O–H groups in total. The minimum absolute atomic E-state index is 0. The number of benzene rings is 1. The number of aliphatic hydroxyl groups excluding tert-OH is 1. The SMILES string of the molecule is Cc1cc2c([nH]1)CCC(CNC1CCC(Oc3ccc(S(N)(=O)=O)cc3)C1O)C2=O.Cl. The first-order chi connectivity index (χ1) is 14.2. The Morgan fingerprint density at radius 2 is 1.94 bits per heavy atom. The number of carbonyl (C=O) groups is 1. The predicted octanol–water partition coefficient (Wildman–Crippen LogP) is 1.70. The summed E-state index contributed by atoms with van der Waals surface area (Å²) >= 11 is 0. The maximum atomic E-state index is 12.7. The van der Waals surface area contributed by atoms with Crippen molar-refractivity contribution in [3.05, 3.63) is 47.3 Å². The summed E-state index contributed by atoms with van der Waals surface area (Å²) in [5.74, 6) is 0.541. The normalized spacial score (nSPS) is 25.7. The third kappa shape index (κ3) is 5.12. The summed E-state index contributed by atoms with van der Waals surface area (Å²) in [4.78, 5) is 16.0. The second-order valence-electron chi connectivity index (χ2n) is 8.20. The van der Waals surface area contributed by atoms with Gasteiger partial charge in [-0.3, -0.25) is 4.79 Å². The molecule has 1 aromatic carbocycles. The van der Waals surface area contributed by atoms with Crippen LogP contribution in [-0.4, -0.2) is 49.1 Å². The molecular weight excluding hydrogens is 442 g/mol. The van der Waals surface area contributed by atoms with Gasteiger partial charge in [0.2, 0.25) is 10.0 Å². The Bertz CT molecular complexity index is 1040. The first-order valence-electron chi connectivity index (χ1n) is 10.2. The monoisotopic (exact) mass is 469 g/mol. The van der Waals surface area contributed by atoms with Gasteiger partial charge in [-0.2, -0.15) is 0 Å². The molecule has 8 nitrogen and oxygen atoms in total. The van der Waals surface area contributed by atoms with Crippen LogP contribution in [0.3, 0.4) is 0 Å². The summed E-state index contributed by atoms with van der Waals surface area (Å²) < 4.78 is 28.5. The maximum absolute atomic E-state index is 12.7. The van der Waals surface area contributed by atoms with Crippen molar-refractivity contribution in [2.24, 2.45) is 11.1 Å². The zero-order chi connectivity index (χ0) is 21.5. The number of Topliss-reactive ketones (excluding diaryl/α,β-unsaturated/α-hetero) is 1. The van der Waals surface area contributed by atoms with Gasteiger partial charge in [0.1, 0.15) is 18.0 Å². The van der Waals surface area contributed by atoms with E-state index in [1.807, 2.05) is 13.0 Å². The highest BCUT2D eigenvalue weighted by Crippen LogP contribution is 2.28. The number of aliphatic hydroxyl groups is 1. The van der Waals surface area contributed by atoms with Gasteiger partial charge in [0.05, 0.1) is 4.90 Å². The van der Waals surface area contributed by atoms with Crippen LogP contribution in [0.1, 0.15) is 41.0 Å². The molecule has 1 heterocycles. The minimum Gasteiger partial charge on any atom is -0.488 e. The lowest BCUT2D eigenvalue weighted by molar-refractivity contribution is 0.0441. The van der Waals surface area contributed by atoms with E-state index in [9.17, 15) is 18.3 Å². The summed E-state index contributed by atoms with van der Waals surface area (Å²) in [7, 11) is -3.75. The molecule has 170 valence electrons. The Labute approximate surface area is 188 Å². The molecule has 0 aliphatic heterocycles. The number of aromatic nitrogens is 1. The van der Waals surface area contributed by atoms with Crippen molar-refractivity contribution in [1.82, 2.24) is 10.3 Å². The van der Waals surface area contributed by atoms with Crippen molar-refractivity contribution < 1.29 is 23.1 Å². The lowest BCUT2D eigenvalue weighted by Gasteiger charge is -2.25. The van der Waals surface area contributed by atoms with Gasteiger partial charge in [-0.05, 0) is 62.9 Å². The molecule has 4 atom stereocenters. The molecular formula is C21H28ClN3O5S. The van der Waals surface area contributed by atoms with Gasteiger partial charge in [-0.1, -0.05) is 0 Å². The number of carbonyl (C=O) groups excluding carboxylic acids is 1. The molecule has 10 heteroatoms. The van der Waals surface area contributed by atoms with Gasteiger partial charge in [0.25, 0.3) is 0 Å². The molecule has 1 saturated carbocycles. The number of halogens is 1. The number of aromatic amines is 1. The number of sulfonamides is 1. The largest absolute Gasteiger partial charge is 0.488 e. The van der Waals surface area contributed by atoms with Gasteiger partial charge >= 0.3 is 0 Å². The summed E-state index contributed by atoms with van der Waals surface area (Å²) in [5.41, 5.74) is 2.82. The Kier molecular flexibility index (Phi) is 7.12. The van der Waals surface area contributed by atoms with E-state index in [2.05, 4.69) is 10.3 Å². The molecule has 31 heavy (non-hydrogen) atoms. The summed E-state index contributed by atoms with van der Waals surface area (Å²) in [5, 5.41) is 19.1. The van der Waals surface area contributed by atoms with Crippen molar-refractivity contribution >= 4 is 28.2 Å². The Hall–Kier alpha value is -1.91. The summed E-state index contributed by atoms with van der Waals surface area (Å²) in [6.45, 7) is 2.48. The smallest absolute Gasteiger partial charge is 0.238 e. The van der Waals surface area contributed by atoms with E-state index < -0.39 is 22.2 Å². The topological polar surface area (TPSA) is 135 Å². The summed E-state index contributed by atoms with van der Waals surface area (Å²) in [6.07, 6.45) is 1.93. The second kappa shape index (κ2) is 9.30. The molecule has 2 aliphatic rings. The van der Waals surface area contributed by atoms with E-state index in [0.29, 0.717) is 18.7 Å². The van der Waals surface area contributed by atoms with Crippen molar-refractivity contribution in [2.75, 3.05) is 6.54 Å². The summed E-state index contributed by atoms with van der Waals surface area (Å²) in [6, 6.07) is 7.59. The Morgan fingerprint density at radius 3 is 2.61 bits per heavy atom. The molecule has 0 saturated heterocycles. The molecule has 1 fully saturated rings. The van der Waals surface area contributed by atoms with Crippen molar-refractivity contribution in [2.45, 2.75) is 55.8 Å². The number of ketones is 1. The average Bonchev–Trinajstić information content (AvgIpc) is 3.24. The van der Waals surface area contributed by atoms with Gasteiger partial charge in [-0.25, -0.2) is 13.6 Å². The van der Waals surface area contributed by atoms with E-state index in [-0.39, 0.29) is 35.0 Å². The fourth-order valence-corrected chi connectivity index (χ4v) is 4.91. The molecule has 1 aromatic heterocycles. The first-order valence-corrected chi connectivity index (χ1v) is 11.7. The molecule has 0 radical (unpaired) electrons. The van der Waals surface area contributed by atoms with Crippen LogP contribution in [0.4, 0.5) is 0 Å². The van der Waals surface area contributed by atoms with E-state index in [4.69, 9.17) is 9.88 Å². The first kappa shape index (κ1) is 23.7. The zero-order valence-corrected chi connectivity index (χ0v) is 18.8. The minimum atomic E-state index is -3.75. The number of hydrogen-bond donors (Lipinski definition) is 4. The number of H-pyrrole nitrogens is 1. The lowest BCUT2D eigenvalue weighted by atomic mass is 9.86. The molecule has 0 spiro atoms. The van der Waals surface area contributed by atoms with Gasteiger partial charge in [-0.15, -0.1) is 12.4 Å². The van der Waals surface area contributed by atoms with Crippen LogP contribution in [0.25, 0.3) is 0 Å². The third-order valence-corrected chi connectivity index (χ3v) is 6.96. The number of nitrogens with two attached hydrogens (primary N) is 1. The molecule has 4 rings (SSSR count). The van der Waals surface area contributed by atoms with Crippen LogP contribution in [0.15, 0.2) is 35.2 Å². The number of fused-ring (bicyclic) bond motifs is 1. The number of rotatable bonds is 6. The third-order valence-electron chi connectivity index (χ3n) is 6.03. The highest BCUT2D eigenvalue weighted by molar-refractivity contribution is 7.89.